The maximum absolute atomic E-state index is 2.47. The molecule has 3 rings (SSSR count). The van der Waals surface area contributed by atoms with Crippen molar-refractivity contribution >= 4 is 34.0 Å². The Hall–Kier alpha value is -0.600. The van der Waals surface area contributed by atoms with E-state index < -0.39 is 0 Å². The molecule has 2 aromatic rings. The summed E-state index contributed by atoms with van der Waals surface area (Å²) >= 11 is 1.92. The van der Waals surface area contributed by atoms with Crippen molar-refractivity contribution in [3.63, 3.8) is 0 Å². The zero-order valence-electron chi connectivity index (χ0n) is 8.12. The van der Waals surface area contributed by atoms with E-state index in [1.807, 2.05) is 11.3 Å². The zero-order valence-corrected chi connectivity index (χ0v) is 9.75. The standard InChI is InChI=1S/C11H12NS.ClH/c1-8-12-7-3-5-9-4-2-6-10(13-8)11(9)12;/h2,4,6H,3,5,7H2,1H3;1H/q+1;. The van der Waals surface area contributed by atoms with Crippen molar-refractivity contribution in [1.29, 1.82) is 0 Å². The smallest absolute Gasteiger partial charge is 0.186 e. The molecule has 0 saturated heterocycles. The molecule has 0 unspecified atom stereocenters. The van der Waals surface area contributed by atoms with Crippen molar-refractivity contribution in [2.45, 2.75) is 26.3 Å². The van der Waals surface area contributed by atoms with Gasteiger partial charge in [0.2, 0.25) is 10.5 Å². The maximum Gasteiger partial charge on any atom is 0.235 e. The number of rotatable bonds is 0. The number of para-hydroxylation sites is 1. The SMILES string of the molecule is Cc1sc2cccc3c2[n+]1CCC3.Cl. The number of nitrogens with zero attached hydrogens (tertiary/aromatic N) is 1. The molecule has 0 aliphatic carbocycles. The van der Waals surface area contributed by atoms with Crippen LogP contribution in [0.2, 0.25) is 0 Å². The Morgan fingerprint density at radius 3 is 3.07 bits per heavy atom. The number of hydrogen-bond donors (Lipinski definition) is 0. The summed E-state index contributed by atoms with van der Waals surface area (Å²) < 4.78 is 3.92. The molecule has 1 aliphatic heterocycles. The molecular formula is C11H13ClNS+. The number of thiazole rings is 1. The van der Waals surface area contributed by atoms with Crippen LogP contribution in [-0.4, -0.2) is 0 Å². The average Bonchev–Trinajstić information content (AvgIpc) is 2.47. The number of benzene rings is 1. The summed E-state index contributed by atoms with van der Waals surface area (Å²) in [6.45, 7) is 3.43. The van der Waals surface area contributed by atoms with Gasteiger partial charge >= 0.3 is 0 Å². The first-order chi connectivity index (χ1) is 6.36. The molecular weight excluding hydrogens is 214 g/mol. The average molecular weight is 227 g/mol. The first-order valence-electron chi connectivity index (χ1n) is 4.77. The Morgan fingerprint density at radius 1 is 1.36 bits per heavy atom. The van der Waals surface area contributed by atoms with Crippen molar-refractivity contribution in [3.05, 3.63) is 28.8 Å². The van der Waals surface area contributed by atoms with Crippen LogP contribution in [-0.2, 0) is 13.0 Å². The molecule has 0 radical (unpaired) electrons. The maximum atomic E-state index is 2.47. The Morgan fingerprint density at radius 2 is 2.21 bits per heavy atom. The van der Waals surface area contributed by atoms with Gasteiger partial charge in [-0.05, 0) is 12.5 Å². The Kier molecular flexibility index (Phi) is 2.50. The third-order valence-electron chi connectivity index (χ3n) is 2.82. The molecule has 1 aromatic carbocycles. The molecule has 1 aliphatic rings. The zero-order chi connectivity index (χ0) is 8.84. The fourth-order valence-electron chi connectivity index (χ4n) is 2.23. The number of hydrogen-bond acceptors (Lipinski definition) is 1. The van der Waals surface area contributed by atoms with Gasteiger partial charge in [0.1, 0.15) is 4.70 Å². The van der Waals surface area contributed by atoms with Crippen LogP contribution in [0.25, 0.3) is 10.2 Å². The summed E-state index contributed by atoms with van der Waals surface area (Å²) in [5, 5.41) is 1.45. The van der Waals surface area contributed by atoms with Gasteiger partial charge in [-0.1, -0.05) is 23.5 Å². The number of aryl methyl sites for hydroxylation is 3. The second-order valence-corrected chi connectivity index (χ2v) is 4.87. The highest BCUT2D eigenvalue weighted by Gasteiger charge is 2.23. The van der Waals surface area contributed by atoms with Crippen molar-refractivity contribution in [1.82, 2.24) is 0 Å². The minimum atomic E-state index is 0. The van der Waals surface area contributed by atoms with E-state index in [0.29, 0.717) is 0 Å². The fourth-order valence-corrected chi connectivity index (χ4v) is 3.32. The fraction of sp³-hybridized carbons (Fsp3) is 0.364. The van der Waals surface area contributed by atoms with E-state index in [9.17, 15) is 0 Å². The molecule has 0 fully saturated rings. The van der Waals surface area contributed by atoms with E-state index in [4.69, 9.17) is 0 Å². The first-order valence-corrected chi connectivity index (χ1v) is 5.59. The number of halogens is 1. The highest BCUT2D eigenvalue weighted by molar-refractivity contribution is 7.18. The van der Waals surface area contributed by atoms with Gasteiger partial charge in [-0.2, -0.15) is 4.57 Å². The van der Waals surface area contributed by atoms with E-state index in [0.717, 1.165) is 0 Å². The normalized spacial score (nSPS) is 14.1. The summed E-state index contributed by atoms with van der Waals surface area (Å²) in [5.74, 6) is 0. The lowest BCUT2D eigenvalue weighted by Gasteiger charge is -2.06. The molecule has 14 heavy (non-hydrogen) atoms. The third kappa shape index (κ3) is 1.25. The Balaban J connectivity index is 0.000000750. The lowest BCUT2D eigenvalue weighted by Crippen LogP contribution is -2.38. The van der Waals surface area contributed by atoms with Crippen LogP contribution in [0.1, 0.15) is 17.0 Å². The molecule has 74 valence electrons. The summed E-state index contributed by atoms with van der Waals surface area (Å²) in [7, 11) is 0. The molecule has 3 heteroatoms. The first kappa shape index (κ1) is 9.94. The van der Waals surface area contributed by atoms with Crippen LogP contribution in [0.4, 0.5) is 0 Å². The second-order valence-electron chi connectivity index (χ2n) is 3.64. The van der Waals surface area contributed by atoms with E-state index in [1.165, 1.54) is 40.2 Å². The molecule has 0 amide bonds. The predicted octanol–water partition coefficient (Wildman–Crippen LogP) is 2.87. The largest absolute Gasteiger partial charge is 0.235 e. The molecule has 0 atom stereocenters. The highest BCUT2D eigenvalue weighted by atomic mass is 35.5. The van der Waals surface area contributed by atoms with Crippen LogP contribution in [0.5, 0.6) is 0 Å². The van der Waals surface area contributed by atoms with E-state index in [1.54, 1.807) is 0 Å². The number of aromatic nitrogens is 1. The topological polar surface area (TPSA) is 3.88 Å². The lowest BCUT2D eigenvalue weighted by molar-refractivity contribution is -0.676. The van der Waals surface area contributed by atoms with Crippen molar-refractivity contribution < 1.29 is 4.57 Å². The molecule has 1 nitrogen and oxygen atoms in total. The van der Waals surface area contributed by atoms with Crippen molar-refractivity contribution in [2.75, 3.05) is 0 Å². The molecule has 0 bridgehead atoms. The summed E-state index contributed by atoms with van der Waals surface area (Å²) in [6.07, 6.45) is 2.56. The second kappa shape index (κ2) is 3.52. The van der Waals surface area contributed by atoms with Gasteiger partial charge in [0, 0.05) is 18.9 Å². The van der Waals surface area contributed by atoms with Gasteiger partial charge in [0.05, 0.1) is 0 Å². The monoisotopic (exact) mass is 226 g/mol. The van der Waals surface area contributed by atoms with Crippen LogP contribution < -0.4 is 4.57 Å². The van der Waals surface area contributed by atoms with Crippen LogP contribution in [0, 0.1) is 6.92 Å². The minimum absolute atomic E-state index is 0. The molecule has 2 heterocycles. The van der Waals surface area contributed by atoms with Gasteiger partial charge in [-0.15, -0.1) is 12.4 Å². The summed E-state index contributed by atoms with van der Waals surface area (Å²) in [6, 6.07) is 6.69. The summed E-state index contributed by atoms with van der Waals surface area (Å²) in [4.78, 5) is 0. The van der Waals surface area contributed by atoms with Crippen molar-refractivity contribution in [3.8, 4) is 0 Å². The van der Waals surface area contributed by atoms with Gasteiger partial charge in [0.15, 0.2) is 6.54 Å². The Labute approximate surface area is 93.8 Å². The molecule has 1 aromatic heterocycles. The quantitative estimate of drug-likeness (QED) is 0.609. The molecule has 0 spiro atoms. The highest BCUT2D eigenvalue weighted by Crippen LogP contribution is 2.26. The van der Waals surface area contributed by atoms with Gasteiger partial charge < -0.3 is 0 Å². The molecule has 0 N–H and O–H groups in total. The van der Waals surface area contributed by atoms with Gasteiger partial charge in [-0.3, -0.25) is 0 Å². The van der Waals surface area contributed by atoms with Gasteiger partial charge in [-0.25, -0.2) is 0 Å². The van der Waals surface area contributed by atoms with E-state index in [2.05, 4.69) is 29.7 Å². The van der Waals surface area contributed by atoms with Crippen LogP contribution in [0.3, 0.4) is 0 Å². The van der Waals surface area contributed by atoms with E-state index >= 15 is 0 Å². The predicted molar refractivity (Wildman–Crippen MR) is 62.3 cm³/mol. The molecule has 0 saturated carbocycles. The lowest BCUT2D eigenvalue weighted by atomic mass is 10.1. The van der Waals surface area contributed by atoms with Gasteiger partial charge in [0.25, 0.3) is 0 Å². The summed E-state index contributed by atoms with van der Waals surface area (Å²) in [5.41, 5.74) is 3.03. The van der Waals surface area contributed by atoms with E-state index in [-0.39, 0.29) is 12.4 Å². The van der Waals surface area contributed by atoms with Crippen LogP contribution in [0.15, 0.2) is 18.2 Å². The Bertz CT molecular complexity index is 475. The van der Waals surface area contributed by atoms with Crippen molar-refractivity contribution in [2.24, 2.45) is 0 Å². The van der Waals surface area contributed by atoms with Crippen LogP contribution >= 0.6 is 23.7 Å². The minimum Gasteiger partial charge on any atom is -0.186 e. The third-order valence-corrected chi connectivity index (χ3v) is 3.88.